The Morgan fingerprint density at radius 3 is 2.45 bits per heavy atom. The molecule has 4 nitrogen and oxygen atoms in total. The number of ether oxygens (including phenoxy) is 1. The molecule has 0 radical (unpaired) electrons. The van der Waals surface area contributed by atoms with Gasteiger partial charge in [0.15, 0.2) is 5.76 Å². The Kier molecular flexibility index (Phi) is 4.45. The summed E-state index contributed by atoms with van der Waals surface area (Å²) in [6.07, 6.45) is 0. The van der Waals surface area contributed by atoms with Gasteiger partial charge in [0, 0.05) is 18.2 Å². The zero-order valence-corrected chi connectivity index (χ0v) is 12.6. The standard InChI is InChI=1S/C16H22N2O2/c1-12-9-15(20-18-12)11-19-14-7-5-13(6-8-14)10-17-16(2,3)4/h5-9,17H,10-11H2,1-4H3. The molecule has 1 N–H and O–H groups in total. The molecular weight excluding hydrogens is 252 g/mol. The predicted octanol–water partition coefficient (Wildman–Crippen LogP) is 3.45. The molecular formula is C16H22N2O2. The Labute approximate surface area is 120 Å². The van der Waals surface area contributed by atoms with Gasteiger partial charge in [-0.05, 0) is 45.4 Å². The number of hydrogen-bond acceptors (Lipinski definition) is 4. The minimum atomic E-state index is 0.124. The maximum Gasteiger partial charge on any atom is 0.174 e. The van der Waals surface area contributed by atoms with E-state index in [0.717, 1.165) is 23.7 Å². The Balaban J connectivity index is 1.85. The van der Waals surface area contributed by atoms with E-state index in [9.17, 15) is 0 Å². The second-order valence-corrected chi connectivity index (χ2v) is 5.97. The first-order chi connectivity index (χ1) is 9.42. The Bertz CT molecular complexity index is 538. The smallest absolute Gasteiger partial charge is 0.174 e. The van der Waals surface area contributed by atoms with Crippen LogP contribution in [0.15, 0.2) is 34.9 Å². The SMILES string of the molecule is Cc1cc(COc2ccc(CNC(C)(C)C)cc2)on1. The Hall–Kier alpha value is -1.81. The van der Waals surface area contributed by atoms with Crippen molar-refractivity contribution in [3.05, 3.63) is 47.3 Å². The highest BCUT2D eigenvalue weighted by Crippen LogP contribution is 2.15. The fourth-order valence-electron chi connectivity index (χ4n) is 1.71. The lowest BCUT2D eigenvalue weighted by atomic mass is 10.1. The van der Waals surface area contributed by atoms with E-state index < -0.39 is 0 Å². The molecule has 1 aromatic heterocycles. The van der Waals surface area contributed by atoms with E-state index in [-0.39, 0.29) is 5.54 Å². The first-order valence-electron chi connectivity index (χ1n) is 6.81. The fourth-order valence-corrected chi connectivity index (χ4v) is 1.71. The number of benzene rings is 1. The molecule has 2 rings (SSSR count). The quantitative estimate of drug-likeness (QED) is 0.907. The van der Waals surface area contributed by atoms with E-state index in [1.807, 2.05) is 25.1 Å². The van der Waals surface area contributed by atoms with Crippen LogP contribution in [0.1, 0.15) is 37.8 Å². The summed E-state index contributed by atoms with van der Waals surface area (Å²) in [5, 5.41) is 7.28. The molecule has 4 heteroatoms. The number of hydrogen-bond donors (Lipinski definition) is 1. The summed E-state index contributed by atoms with van der Waals surface area (Å²) in [5.41, 5.74) is 2.23. The molecule has 0 aliphatic carbocycles. The van der Waals surface area contributed by atoms with Gasteiger partial charge in [-0.15, -0.1) is 0 Å². The molecule has 20 heavy (non-hydrogen) atoms. The Morgan fingerprint density at radius 2 is 1.90 bits per heavy atom. The van der Waals surface area contributed by atoms with Crippen LogP contribution in [0.25, 0.3) is 0 Å². The number of nitrogens with one attached hydrogen (secondary N) is 1. The average molecular weight is 274 g/mol. The molecule has 0 saturated carbocycles. The van der Waals surface area contributed by atoms with Crippen LogP contribution in [0.4, 0.5) is 0 Å². The third kappa shape index (κ3) is 4.70. The highest BCUT2D eigenvalue weighted by Gasteiger charge is 2.08. The summed E-state index contributed by atoms with van der Waals surface area (Å²) in [7, 11) is 0. The van der Waals surface area contributed by atoms with Gasteiger partial charge in [0.1, 0.15) is 12.4 Å². The topological polar surface area (TPSA) is 47.3 Å². The lowest BCUT2D eigenvalue weighted by Crippen LogP contribution is -2.34. The highest BCUT2D eigenvalue weighted by molar-refractivity contribution is 5.27. The highest BCUT2D eigenvalue weighted by atomic mass is 16.5. The van der Waals surface area contributed by atoms with Gasteiger partial charge < -0.3 is 14.6 Å². The molecule has 108 valence electrons. The van der Waals surface area contributed by atoms with Crippen LogP contribution in [0.5, 0.6) is 5.75 Å². The molecule has 0 fully saturated rings. The molecule has 0 unspecified atom stereocenters. The molecule has 0 atom stereocenters. The van der Waals surface area contributed by atoms with Gasteiger partial charge in [0.25, 0.3) is 0 Å². The molecule has 0 saturated heterocycles. The zero-order valence-electron chi connectivity index (χ0n) is 12.6. The van der Waals surface area contributed by atoms with Gasteiger partial charge in [-0.3, -0.25) is 0 Å². The van der Waals surface area contributed by atoms with Crippen molar-refractivity contribution in [2.45, 2.75) is 46.4 Å². The molecule has 0 spiro atoms. The summed E-state index contributed by atoms with van der Waals surface area (Å²) in [5.74, 6) is 1.57. The van der Waals surface area contributed by atoms with Crippen LogP contribution < -0.4 is 10.1 Å². The molecule has 1 aromatic carbocycles. The summed E-state index contributed by atoms with van der Waals surface area (Å²) in [4.78, 5) is 0. The van der Waals surface area contributed by atoms with E-state index in [4.69, 9.17) is 9.26 Å². The van der Waals surface area contributed by atoms with Gasteiger partial charge in [-0.2, -0.15) is 0 Å². The van der Waals surface area contributed by atoms with E-state index >= 15 is 0 Å². The van der Waals surface area contributed by atoms with Gasteiger partial charge in [0.05, 0.1) is 5.69 Å². The van der Waals surface area contributed by atoms with Crippen molar-refractivity contribution in [3.63, 3.8) is 0 Å². The van der Waals surface area contributed by atoms with Crippen LogP contribution in [0, 0.1) is 6.92 Å². The maximum atomic E-state index is 5.65. The van der Waals surface area contributed by atoms with E-state index in [1.165, 1.54) is 5.56 Å². The molecule has 0 aliphatic rings. The van der Waals surface area contributed by atoms with Crippen molar-refractivity contribution < 1.29 is 9.26 Å². The van der Waals surface area contributed by atoms with Gasteiger partial charge in [-0.25, -0.2) is 0 Å². The van der Waals surface area contributed by atoms with Crippen molar-refractivity contribution >= 4 is 0 Å². The first-order valence-corrected chi connectivity index (χ1v) is 6.81. The van der Waals surface area contributed by atoms with Crippen LogP contribution in [0.3, 0.4) is 0 Å². The summed E-state index contributed by atoms with van der Waals surface area (Å²) >= 11 is 0. The van der Waals surface area contributed by atoms with Gasteiger partial charge >= 0.3 is 0 Å². The van der Waals surface area contributed by atoms with E-state index in [1.54, 1.807) is 0 Å². The van der Waals surface area contributed by atoms with Crippen molar-refractivity contribution in [1.29, 1.82) is 0 Å². The lowest BCUT2D eigenvalue weighted by Gasteiger charge is -2.20. The monoisotopic (exact) mass is 274 g/mol. The number of rotatable bonds is 5. The summed E-state index contributed by atoms with van der Waals surface area (Å²) < 4.78 is 10.8. The van der Waals surface area contributed by atoms with Crippen LogP contribution >= 0.6 is 0 Å². The molecule has 0 aliphatic heterocycles. The van der Waals surface area contributed by atoms with E-state index in [2.05, 4.69) is 43.4 Å². The zero-order chi connectivity index (χ0) is 14.6. The Morgan fingerprint density at radius 1 is 1.20 bits per heavy atom. The van der Waals surface area contributed by atoms with Crippen LogP contribution in [-0.2, 0) is 13.2 Å². The van der Waals surface area contributed by atoms with E-state index in [0.29, 0.717) is 6.61 Å². The second kappa shape index (κ2) is 6.09. The van der Waals surface area contributed by atoms with Crippen molar-refractivity contribution in [3.8, 4) is 5.75 Å². The predicted molar refractivity (Wildman–Crippen MR) is 78.6 cm³/mol. The minimum Gasteiger partial charge on any atom is -0.486 e. The third-order valence-electron chi connectivity index (χ3n) is 2.80. The van der Waals surface area contributed by atoms with Crippen molar-refractivity contribution in [1.82, 2.24) is 10.5 Å². The van der Waals surface area contributed by atoms with Gasteiger partial charge in [-0.1, -0.05) is 17.3 Å². The first kappa shape index (κ1) is 14.6. The number of aryl methyl sites for hydroxylation is 1. The molecule has 1 heterocycles. The van der Waals surface area contributed by atoms with Gasteiger partial charge in [0.2, 0.25) is 0 Å². The largest absolute Gasteiger partial charge is 0.486 e. The summed E-state index contributed by atoms with van der Waals surface area (Å²) in [6, 6.07) is 9.97. The minimum absolute atomic E-state index is 0.124. The average Bonchev–Trinajstić information content (AvgIpc) is 2.80. The third-order valence-corrected chi connectivity index (χ3v) is 2.80. The number of nitrogens with zero attached hydrogens (tertiary/aromatic N) is 1. The van der Waals surface area contributed by atoms with Crippen LogP contribution in [-0.4, -0.2) is 10.7 Å². The number of aromatic nitrogens is 1. The summed E-state index contributed by atoms with van der Waals surface area (Å²) in [6.45, 7) is 9.62. The van der Waals surface area contributed by atoms with Crippen LogP contribution in [0.2, 0.25) is 0 Å². The second-order valence-electron chi connectivity index (χ2n) is 5.97. The van der Waals surface area contributed by atoms with Crippen molar-refractivity contribution in [2.24, 2.45) is 0 Å². The molecule has 0 amide bonds. The lowest BCUT2D eigenvalue weighted by molar-refractivity contribution is 0.248. The van der Waals surface area contributed by atoms with Crippen molar-refractivity contribution in [2.75, 3.05) is 0 Å². The maximum absolute atomic E-state index is 5.65. The normalized spacial score (nSPS) is 11.6. The molecule has 2 aromatic rings. The molecule has 0 bridgehead atoms. The fraction of sp³-hybridized carbons (Fsp3) is 0.438.